The van der Waals surface area contributed by atoms with Crippen molar-refractivity contribution >= 4 is 17.0 Å². The lowest BCUT2D eigenvalue weighted by atomic mass is 9.77. The summed E-state index contributed by atoms with van der Waals surface area (Å²) in [5.74, 6) is 0.873. The number of aliphatic carboxylic acids is 1. The molecule has 0 amide bonds. The topological polar surface area (TPSA) is 103 Å². The van der Waals surface area contributed by atoms with Crippen molar-refractivity contribution in [2.24, 2.45) is 5.92 Å². The average Bonchev–Trinajstić information content (AvgIpc) is 3.28. The first kappa shape index (κ1) is 20.9. The van der Waals surface area contributed by atoms with Crippen LogP contribution in [-0.2, 0) is 4.79 Å². The minimum absolute atomic E-state index is 0.294. The van der Waals surface area contributed by atoms with E-state index in [0.717, 1.165) is 59.4 Å². The number of carboxylic acids is 1. The summed E-state index contributed by atoms with van der Waals surface area (Å²) in [5.41, 5.74) is 6.42. The zero-order chi connectivity index (χ0) is 22.8. The van der Waals surface area contributed by atoms with Gasteiger partial charge in [-0.2, -0.15) is 5.26 Å². The van der Waals surface area contributed by atoms with Gasteiger partial charge in [0.05, 0.1) is 28.4 Å². The van der Waals surface area contributed by atoms with Crippen LogP contribution in [0.15, 0.2) is 60.8 Å². The molecule has 0 radical (unpaired) electrons. The van der Waals surface area contributed by atoms with Crippen LogP contribution in [0.1, 0.15) is 49.1 Å². The van der Waals surface area contributed by atoms with Gasteiger partial charge in [-0.25, -0.2) is 4.98 Å². The third-order valence-electron chi connectivity index (χ3n) is 6.64. The molecular weight excluding hydrogens is 412 g/mol. The van der Waals surface area contributed by atoms with Gasteiger partial charge in [0.25, 0.3) is 0 Å². The molecule has 0 spiro atoms. The van der Waals surface area contributed by atoms with Crippen molar-refractivity contribution in [1.82, 2.24) is 15.0 Å². The largest absolute Gasteiger partial charge is 0.481 e. The summed E-state index contributed by atoms with van der Waals surface area (Å²) in [6.07, 6.45) is 6.19. The van der Waals surface area contributed by atoms with E-state index in [1.165, 1.54) is 5.56 Å². The highest BCUT2D eigenvalue weighted by Crippen LogP contribution is 2.37. The number of aromatic amines is 1. The lowest BCUT2D eigenvalue weighted by Crippen LogP contribution is -2.16. The molecule has 0 saturated heterocycles. The molecule has 0 unspecified atom stereocenters. The monoisotopic (exact) mass is 436 g/mol. The Hall–Kier alpha value is -3.98. The summed E-state index contributed by atoms with van der Waals surface area (Å²) >= 11 is 0. The molecule has 4 aromatic rings. The number of carbonyl (C=O) groups is 1. The number of hydrogen-bond acceptors (Lipinski definition) is 4. The third kappa shape index (κ3) is 4.49. The average molecular weight is 437 g/mol. The Kier molecular flexibility index (Phi) is 5.62. The number of imidazole rings is 1. The SMILES string of the molecule is N#Cc1ccc2[nH]c(-c3ccc(-c4ccc(C5CCC(CC(=O)O)CC5)cc4)nc3)nc2c1. The van der Waals surface area contributed by atoms with Crippen LogP contribution in [-0.4, -0.2) is 26.0 Å². The number of H-pyrrole nitrogens is 1. The van der Waals surface area contributed by atoms with Crippen LogP contribution >= 0.6 is 0 Å². The maximum absolute atomic E-state index is 10.9. The molecule has 0 bridgehead atoms. The van der Waals surface area contributed by atoms with Gasteiger partial charge in [-0.15, -0.1) is 0 Å². The first-order valence-electron chi connectivity index (χ1n) is 11.3. The smallest absolute Gasteiger partial charge is 0.303 e. The molecule has 1 saturated carbocycles. The number of hydrogen-bond donors (Lipinski definition) is 2. The standard InChI is InChI=1S/C27H24N4O2/c28-15-18-3-11-24-25(13-18)31-27(30-24)22-10-12-23(29-16-22)21-8-6-20(7-9-21)19-4-1-17(2-5-19)14-26(32)33/h3,6-13,16-17,19H,1-2,4-5,14H2,(H,30,31)(H,32,33). The Bertz CT molecular complexity index is 1330. The van der Waals surface area contributed by atoms with Crippen molar-refractivity contribution in [2.75, 3.05) is 0 Å². The number of fused-ring (bicyclic) bond motifs is 1. The number of nitriles is 1. The van der Waals surface area contributed by atoms with Gasteiger partial charge in [0.1, 0.15) is 5.82 Å². The second kappa shape index (κ2) is 8.87. The predicted octanol–water partition coefficient (Wildman–Crippen LogP) is 5.91. The molecule has 2 heterocycles. The van der Waals surface area contributed by atoms with Gasteiger partial charge in [-0.05, 0) is 73.4 Å². The van der Waals surface area contributed by atoms with Crippen LogP contribution < -0.4 is 0 Å². The van der Waals surface area contributed by atoms with Crippen LogP contribution in [0, 0.1) is 17.2 Å². The molecule has 1 aliphatic carbocycles. The van der Waals surface area contributed by atoms with E-state index in [0.29, 0.717) is 23.8 Å². The summed E-state index contributed by atoms with van der Waals surface area (Å²) < 4.78 is 0. The Balaban J connectivity index is 1.28. The maximum atomic E-state index is 10.9. The minimum atomic E-state index is -0.685. The number of carboxylic acid groups (broad SMARTS) is 1. The Labute approximate surface area is 192 Å². The van der Waals surface area contributed by atoms with Crippen molar-refractivity contribution in [3.8, 4) is 28.7 Å². The maximum Gasteiger partial charge on any atom is 0.303 e. The molecule has 164 valence electrons. The van der Waals surface area contributed by atoms with E-state index >= 15 is 0 Å². The van der Waals surface area contributed by atoms with Crippen molar-refractivity contribution in [1.29, 1.82) is 5.26 Å². The Morgan fingerprint density at radius 2 is 1.79 bits per heavy atom. The van der Waals surface area contributed by atoms with Crippen molar-refractivity contribution in [3.63, 3.8) is 0 Å². The minimum Gasteiger partial charge on any atom is -0.481 e. The Morgan fingerprint density at radius 3 is 2.45 bits per heavy atom. The Morgan fingerprint density at radius 1 is 1.03 bits per heavy atom. The van der Waals surface area contributed by atoms with Crippen LogP contribution in [0.25, 0.3) is 33.7 Å². The summed E-state index contributed by atoms with van der Waals surface area (Å²) in [6, 6.07) is 20.1. The van der Waals surface area contributed by atoms with E-state index in [4.69, 9.17) is 10.4 Å². The van der Waals surface area contributed by atoms with Crippen molar-refractivity contribution < 1.29 is 9.90 Å². The van der Waals surface area contributed by atoms with E-state index in [9.17, 15) is 4.79 Å². The normalized spacial score (nSPS) is 18.2. The summed E-state index contributed by atoms with van der Waals surface area (Å²) in [5, 5.41) is 18.1. The third-order valence-corrected chi connectivity index (χ3v) is 6.64. The van der Waals surface area contributed by atoms with E-state index in [-0.39, 0.29) is 0 Å². The molecule has 6 heteroatoms. The molecule has 2 aromatic heterocycles. The molecule has 5 rings (SSSR count). The highest BCUT2D eigenvalue weighted by molar-refractivity contribution is 5.80. The van der Waals surface area contributed by atoms with Gasteiger partial charge < -0.3 is 10.1 Å². The molecule has 1 fully saturated rings. The first-order valence-corrected chi connectivity index (χ1v) is 11.3. The molecule has 6 nitrogen and oxygen atoms in total. The molecular formula is C27H24N4O2. The van der Waals surface area contributed by atoms with Crippen LogP contribution in [0.2, 0.25) is 0 Å². The zero-order valence-corrected chi connectivity index (χ0v) is 18.2. The molecule has 0 atom stereocenters. The van der Waals surface area contributed by atoms with Gasteiger partial charge in [-0.1, -0.05) is 24.3 Å². The fourth-order valence-electron chi connectivity index (χ4n) is 4.79. The van der Waals surface area contributed by atoms with Crippen molar-refractivity contribution in [2.45, 2.75) is 38.0 Å². The lowest BCUT2D eigenvalue weighted by molar-refractivity contribution is -0.138. The molecule has 1 aliphatic rings. The number of benzene rings is 2. The van der Waals surface area contributed by atoms with Gasteiger partial charge in [0, 0.05) is 23.7 Å². The van der Waals surface area contributed by atoms with E-state index in [1.807, 2.05) is 24.4 Å². The quantitative estimate of drug-likeness (QED) is 0.405. The summed E-state index contributed by atoms with van der Waals surface area (Å²) in [6.45, 7) is 0. The molecule has 2 N–H and O–H groups in total. The first-order chi connectivity index (χ1) is 16.1. The highest BCUT2D eigenvalue weighted by atomic mass is 16.4. The summed E-state index contributed by atoms with van der Waals surface area (Å²) in [4.78, 5) is 23.5. The van der Waals surface area contributed by atoms with Crippen LogP contribution in [0.5, 0.6) is 0 Å². The lowest BCUT2D eigenvalue weighted by Gasteiger charge is -2.28. The van der Waals surface area contributed by atoms with Crippen LogP contribution in [0.4, 0.5) is 0 Å². The van der Waals surface area contributed by atoms with Crippen LogP contribution in [0.3, 0.4) is 0 Å². The highest BCUT2D eigenvalue weighted by Gasteiger charge is 2.24. The number of pyridine rings is 1. The second-order valence-electron chi connectivity index (χ2n) is 8.80. The van der Waals surface area contributed by atoms with Crippen molar-refractivity contribution in [3.05, 3.63) is 71.9 Å². The van der Waals surface area contributed by atoms with Gasteiger partial charge >= 0.3 is 5.97 Å². The predicted molar refractivity (Wildman–Crippen MR) is 126 cm³/mol. The second-order valence-corrected chi connectivity index (χ2v) is 8.80. The zero-order valence-electron chi connectivity index (χ0n) is 18.2. The van der Waals surface area contributed by atoms with E-state index in [1.54, 1.807) is 12.1 Å². The van der Waals surface area contributed by atoms with Gasteiger partial charge in [0.15, 0.2) is 0 Å². The van der Waals surface area contributed by atoms with E-state index in [2.05, 4.69) is 45.3 Å². The molecule has 33 heavy (non-hydrogen) atoms. The van der Waals surface area contributed by atoms with Gasteiger partial charge in [-0.3, -0.25) is 9.78 Å². The fraction of sp³-hybridized carbons (Fsp3) is 0.259. The molecule has 0 aliphatic heterocycles. The number of rotatable bonds is 5. The fourth-order valence-corrected chi connectivity index (χ4v) is 4.79. The summed E-state index contributed by atoms with van der Waals surface area (Å²) in [7, 11) is 0. The van der Waals surface area contributed by atoms with E-state index < -0.39 is 5.97 Å². The number of nitrogens with one attached hydrogen (secondary N) is 1. The number of aromatic nitrogens is 3. The molecule has 2 aromatic carbocycles. The number of nitrogens with zero attached hydrogens (tertiary/aromatic N) is 3. The van der Waals surface area contributed by atoms with Gasteiger partial charge in [0.2, 0.25) is 0 Å².